The molecule has 102 valence electrons. The third kappa shape index (κ3) is 2.50. The summed E-state index contributed by atoms with van der Waals surface area (Å²) < 4.78 is 5.40. The van der Waals surface area contributed by atoms with E-state index < -0.39 is 0 Å². The molecule has 19 heavy (non-hydrogen) atoms. The molecule has 0 radical (unpaired) electrons. The van der Waals surface area contributed by atoms with Crippen LogP contribution in [-0.4, -0.2) is 17.4 Å². The Hall–Kier alpha value is -1.42. The van der Waals surface area contributed by atoms with E-state index in [-0.39, 0.29) is 11.4 Å². The Bertz CT molecular complexity index is 549. The van der Waals surface area contributed by atoms with Crippen molar-refractivity contribution < 1.29 is 9.53 Å². The largest absolute Gasteiger partial charge is 0.483 e. The minimum atomic E-state index is -0.311. The first kappa shape index (κ1) is 14.0. The minimum absolute atomic E-state index is 0.0397. The fraction of sp³-hybridized carbons (Fsp3) is 0.400. The predicted molar refractivity (Wildman–Crippen MR) is 81.8 cm³/mol. The van der Waals surface area contributed by atoms with Crippen molar-refractivity contribution in [3.63, 3.8) is 0 Å². The lowest BCUT2D eigenvalue weighted by Gasteiger charge is -2.41. The number of carbonyl (C=O) groups is 1. The van der Waals surface area contributed by atoms with Gasteiger partial charge in [0.2, 0.25) is 5.91 Å². The van der Waals surface area contributed by atoms with E-state index in [1.165, 1.54) is 0 Å². The summed E-state index contributed by atoms with van der Waals surface area (Å²) in [6.45, 7) is 7.73. The molecule has 1 aromatic carbocycles. The van der Waals surface area contributed by atoms with E-state index in [1.807, 2.05) is 36.9 Å². The number of anilines is 1. The van der Waals surface area contributed by atoms with Gasteiger partial charge in [-0.3, -0.25) is 4.79 Å². The first-order valence-corrected chi connectivity index (χ1v) is 6.88. The van der Waals surface area contributed by atoms with Crippen LogP contribution in [-0.2, 0) is 4.79 Å². The second kappa shape index (κ2) is 4.93. The summed E-state index contributed by atoms with van der Waals surface area (Å²) in [5.74, 6) is 1.14. The van der Waals surface area contributed by atoms with Gasteiger partial charge in [-0.15, -0.1) is 12.6 Å². The van der Waals surface area contributed by atoms with Crippen molar-refractivity contribution in [2.45, 2.75) is 33.2 Å². The second-order valence-electron chi connectivity index (χ2n) is 5.29. The van der Waals surface area contributed by atoms with Crippen molar-refractivity contribution in [2.75, 3.05) is 10.8 Å². The number of amides is 1. The average Bonchev–Trinajstić information content (AvgIpc) is 2.28. The van der Waals surface area contributed by atoms with Crippen LogP contribution < -0.4 is 9.64 Å². The second-order valence-corrected chi connectivity index (χ2v) is 5.55. The van der Waals surface area contributed by atoms with Crippen molar-refractivity contribution in [1.82, 2.24) is 0 Å². The van der Waals surface area contributed by atoms with Crippen LogP contribution in [0, 0.1) is 0 Å². The summed E-state index contributed by atoms with van der Waals surface area (Å²) in [5, 5.41) is 0. The Balaban J connectivity index is 2.58. The van der Waals surface area contributed by atoms with Gasteiger partial charge in [0.05, 0.1) is 11.2 Å². The molecule has 1 amide bonds. The molecule has 1 aromatic rings. The number of hydrogen-bond acceptors (Lipinski definition) is 3. The molecule has 1 heterocycles. The zero-order chi connectivity index (χ0) is 14.2. The van der Waals surface area contributed by atoms with E-state index in [4.69, 9.17) is 4.74 Å². The molecule has 0 aliphatic carbocycles. The first-order valence-electron chi connectivity index (χ1n) is 6.25. The average molecular weight is 277 g/mol. The number of thiol groups is 1. The summed E-state index contributed by atoms with van der Waals surface area (Å²) in [6, 6.07) is 5.77. The molecular weight excluding hydrogens is 258 g/mol. The van der Waals surface area contributed by atoms with E-state index in [2.05, 4.69) is 25.6 Å². The molecule has 0 N–H and O–H groups in total. The van der Waals surface area contributed by atoms with Gasteiger partial charge in [0, 0.05) is 12.5 Å². The smallest absolute Gasteiger partial charge is 0.224 e. The van der Waals surface area contributed by atoms with Gasteiger partial charge in [0.1, 0.15) is 11.7 Å². The molecule has 1 aliphatic heterocycles. The topological polar surface area (TPSA) is 29.5 Å². The molecule has 0 atom stereocenters. The van der Waals surface area contributed by atoms with E-state index in [0.29, 0.717) is 5.94 Å². The molecular formula is C15H19NO2S. The standard InChI is InChI=1S/C15H19NO2S/c1-10-8-15(3,4)16(11(2)17)14-6-5-12(18-9-19)7-13(10)14/h5-8,19H,9H2,1-4H3. The minimum Gasteiger partial charge on any atom is -0.483 e. The van der Waals surface area contributed by atoms with Gasteiger partial charge in [-0.05, 0) is 44.5 Å². The number of fused-ring (bicyclic) bond motifs is 1. The number of benzene rings is 1. The molecule has 2 rings (SSSR count). The molecule has 0 bridgehead atoms. The lowest BCUT2D eigenvalue weighted by atomic mass is 9.88. The van der Waals surface area contributed by atoms with E-state index in [0.717, 1.165) is 22.6 Å². The number of rotatable bonds is 2. The first-order chi connectivity index (χ1) is 8.86. The maximum atomic E-state index is 11.9. The molecule has 4 heteroatoms. The maximum absolute atomic E-state index is 11.9. The van der Waals surface area contributed by atoms with Crippen LogP contribution in [0.5, 0.6) is 5.75 Å². The van der Waals surface area contributed by atoms with Crippen LogP contribution >= 0.6 is 12.6 Å². The van der Waals surface area contributed by atoms with Gasteiger partial charge in [-0.1, -0.05) is 6.08 Å². The van der Waals surface area contributed by atoms with E-state index in [9.17, 15) is 4.79 Å². The predicted octanol–water partition coefficient (Wildman–Crippen LogP) is 3.50. The lowest BCUT2D eigenvalue weighted by molar-refractivity contribution is -0.117. The highest BCUT2D eigenvalue weighted by Crippen LogP contribution is 2.40. The van der Waals surface area contributed by atoms with Gasteiger partial charge in [0.25, 0.3) is 0 Å². The van der Waals surface area contributed by atoms with Crippen LogP contribution in [0.15, 0.2) is 24.3 Å². The van der Waals surface area contributed by atoms with Crippen LogP contribution in [0.1, 0.15) is 33.3 Å². The summed E-state index contributed by atoms with van der Waals surface area (Å²) in [5.41, 5.74) is 2.81. The van der Waals surface area contributed by atoms with Gasteiger partial charge in [-0.2, -0.15) is 0 Å². The lowest BCUT2D eigenvalue weighted by Crippen LogP contribution is -2.47. The van der Waals surface area contributed by atoms with E-state index in [1.54, 1.807) is 6.92 Å². The fourth-order valence-corrected chi connectivity index (χ4v) is 2.90. The number of carbonyl (C=O) groups excluding carboxylic acids is 1. The summed E-state index contributed by atoms with van der Waals surface area (Å²) in [4.78, 5) is 13.8. The summed E-state index contributed by atoms with van der Waals surface area (Å²) in [7, 11) is 0. The molecule has 0 unspecified atom stereocenters. The molecule has 0 aromatic heterocycles. The quantitative estimate of drug-likeness (QED) is 0.662. The molecule has 0 saturated heterocycles. The van der Waals surface area contributed by atoms with Crippen LogP contribution in [0.3, 0.4) is 0 Å². The Morgan fingerprint density at radius 2 is 2.11 bits per heavy atom. The molecule has 0 fully saturated rings. The van der Waals surface area contributed by atoms with E-state index >= 15 is 0 Å². The molecule has 3 nitrogen and oxygen atoms in total. The highest BCUT2D eigenvalue weighted by molar-refractivity contribution is 7.80. The van der Waals surface area contributed by atoms with Gasteiger partial charge < -0.3 is 9.64 Å². The maximum Gasteiger partial charge on any atom is 0.224 e. The monoisotopic (exact) mass is 277 g/mol. The third-order valence-corrected chi connectivity index (χ3v) is 3.46. The van der Waals surface area contributed by atoms with Crippen LogP contribution in [0.2, 0.25) is 0 Å². The molecule has 0 spiro atoms. The molecule has 0 saturated carbocycles. The Morgan fingerprint density at radius 3 is 2.68 bits per heavy atom. The Morgan fingerprint density at radius 1 is 1.42 bits per heavy atom. The highest BCUT2D eigenvalue weighted by Gasteiger charge is 2.34. The zero-order valence-electron chi connectivity index (χ0n) is 11.7. The Labute approximate surface area is 119 Å². The normalized spacial score (nSPS) is 16.7. The number of nitrogens with zero attached hydrogens (tertiary/aromatic N) is 1. The van der Waals surface area contributed by atoms with Gasteiger partial charge in [0.15, 0.2) is 0 Å². The fourth-order valence-electron chi connectivity index (χ4n) is 2.75. The summed E-state index contributed by atoms with van der Waals surface area (Å²) in [6.07, 6.45) is 2.11. The van der Waals surface area contributed by atoms with Crippen LogP contribution in [0.4, 0.5) is 5.69 Å². The number of ether oxygens (including phenoxy) is 1. The van der Waals surface area contributed by atoms with Crippen LogP contribution in [0.25, 0.3) is 5.57 Å². The van der Waals surface area contributed by atoms with Gasteiger partial charge >= 0.3 is 0 Å². The van der Waals surface area contributed by atoms with Gasteiger partial charge in [-0.25, -0.2) is 0 Å². The zero-order valence-corrected chi connectivity index (χ0v) is 12.6. The highest BCUT2D eigenvalue weighted by atomic mass is 32.1. The SMILES string of the molecule is CC(=O)N1c2ccc(OCS)cc2C(C)=CC1(C)C. The summed E-state index contributed by atoms with van der Waals surface area (Å²) >= 11 is 4.06. The van der Waals surface area contributed by atoms with Crippen molar-refractivity contribution >= 4 is 29.8 Å². The molecule has 1 aliphatic rings. The van der Waals surface area contributed by atoms with Crippen molar-refractivity contribution in [3.8, 4) is 5.75 Å². The number of hydrogen-bond donors (Lipinski definition) is 1. The van der Waals surface area contributed by atoms with Crippen molar-refractivity contribution in [2.24, 2.45) is 0 Å². The Kier molecular flexibility index (Phi) is 3.63. The number of allylic oxidation sites excluding steroid dienone is 1. The van der Waals surface area contributed by atoms with Crippen molar-refractivity contribution in [3.05, 3.63) is 29.8 Å². The van der Waals surface area contributed by atoms with Crippen molar-refractivity contribution in [1.29, 1.82) is 0 Å². The third-order valence-electron chi connectivity index (χ3n) is 3.33.